The SMILES string of the molecule is C1=C2Oc3cc4ccc5c6ccccc6ccc5c4nc3C=C2Oc2ccc3cc[nH]c3c21. The number of hydrogen-bond donors (Lipinski definition) is 1. The van der Waals surface area contributed by atoms with Crippen LogP contribution in [0.15, 0.2) is 90.5 Å². The maximum atomic E-state index is 6.30. The van der Waals surface area contributed by atoms with E-state index in [0.717, 1.165) is 49.9 Å². The molecule has 0 aliphatic carbocycles. The fourth-order valence-electron chi connectivity index (χ4n) is 5.06. The highest BCUT2D eigenvalue weighted by Gasteiger charge is 2.26. The van der Waals surface area contributed by atoms with Gasteiger partial charge in [-0.1, -0.05) is 48.5 Å². The zero-order valence-electron chi connectivity index (χ0n) is 17.4. The van der Waals surface area contributed by atoms with Crippen LogP contribution in [0.3, 0.4) is 0 Å². The van der Waals surface area contributed by atoms with Crippen molar-refractivity contribution in [2.45, 2.75) is 0 Å². The van der Waals surface area contributed by atoms with Gasteiger partial charge in [-0.15, -0.1) is 0 Å². The summed E-state index contributed by atoms with van der Waals surface area (Å²) in [4.78, 5) is 8.33. The molecule has 0 saturated heterocycles. The number of aromatic nitrogens is 2. The van der Waals surface area contributed by atoms with E-state index in [4.69, 9.17) is 14.5 Å². The molecule has 4 aromatic carbocycles. The van der Waals surface area contributed by atoms with Crippen LogP contribution in [0, 0.1) is 0 Å². The topological polar surface area (TPSA) is 47.1 Å². The quantitative estimate of drug-likeness (QED) is 0.263. The first-order chi connectivity index (χ1) is 16.3. The zero-order chi connectivity index (χ0) is 21.5. The van der Waals surface area contributed by atoms with Gasteiger partial charge in [0.15, 0.2) is 17.3 Å². The molecular formula is C29H16N2O2. The fraction of sp³-hybridized carbons (Fsp3) is 0. The zero-order valence-corrected chi connectivity index (χ0v) is 17.4. The summed E-state index contributed by atoms with van der Waals surface area (Å²) in [6.45, 7) is 0. The molecule has 0 amide bonds. The summed E-state index contributed by atoms with van der Waals surface area (Å²) in [7, 11) is 0. The molecule has 2 aromatic heterocycles. The number of fused-ring (bicyclic) bond motifs is 10. The minimum Gasteiger partial charge on any atom is -0.453 e. The smallest absolute Gasteiger partial charge is 0.172 e. The largest absolute Gasteiger partial charge is 0.453 e. The van der Waals surface area contributed by atoms with Crippen LogP contribution < -0.4 is 9.47 Å². The van der Waals surface area contributed by atoms with E-state index in [-0.39, 0.29) is 0 Å². The maximum absolute atomic E-state index is 6.30. The number of pyridine rings is 1. The molecule has 6 aromatic rings. The first kappa shape index (κ1) is 17.0. The molecule has 2 aliphatic heterocycles. The van der Waals surface area contributed by atoms with Crippen LogP contribution in [0.4, 0.5) is 0 Å². The lowest BCUT2D eigenvalue weighted by Crippen LogP contribution is -2.14. The van der Waals surface area contributed by atoms with E-state index in [1.54, 1.807) is 0 Å². The van der Waals surface area contributed by atoms with Gasteiger partial charge in [0.05, 0.1) is 11.0 Å². The number of rotatable bonds is 0. The van der Waals surface area contributed by atoms with Crippen LogP contribution in [0.25, 0.3) is 55.5 Å². The van der Waals surface area contributed by atoms with Gasteiger partial charge in [0.2, 0.25) is 0 Å². The average Bonchev–Trinajstić information content (AvgIpc) is 3.34. The Morgan fingerprint density at radius 3 is 2.45 bits per heavy atom. The molecule has 8 rings (SSSR count). The Morgan fingerprint density at radius 2 is 1.45 bits per heavy atom. The van der Waals surface area contributed by atoms with Crippen molar-refractivity contribution in [2.24, 2.45) is 0 Å². The minimum atomic E-state index is 0.679. The number of benzene rings is 4. The average molecular weight is 424 g/mol. The Balaban J connectivity index is 1.34. The Bertz CT molecular complexity index is 1870. The van der Waals surface area contributed by atoms with Gasteiger partial charge in [0.25, 0.3) is 0 Å². The number of H-pyrrole nitrogens is 1. The predicted octanol–water partition coefficient (Wildman–Crippen LogP) is 7.19. The van der Waals surface area contributed by atoms with Crippen molar-refractivity contribution in [1.82, 2.24) is 9.97 Å². The van der Waals surface area contributed by atoms with Gasteiger partial charge in [-0.3, -0.25) is 0 Å². The van der Waals surface area contributed by atoms with E-state index < -0.39 is 0 Å². The number of hydrogen-bond acceptors (Lipinski definition) is 3. The molecule has 2 aliphatic rings. The van der Waals surface area contributed by atoms with Crippen molar-refractivity contribution >= 4 is 55.5 Å². The number of ether oxygens (including phenoxy) is 2. The van der Waals surface area contributed by atoms with Gasteiger partial charge < -0.3 is 14.5 Å². The first-order valence-electron chi connectivity index (χ1n) is 11.0. The molecule has 0 bridgehead atoms. The predicted molar refractivity (Wildman–Crippen MR) is 132 cm³/mol. The van der Waals surface area contributed by atoms with Crippen molar-refractivity contribution in [3.05, 3.63) is 102 Å². The fourth-order valence-corrected chi connectivity index (χ4v) is 5.06. The van der Waals surface area contributed by atoms with Crippen molar-refractivity contribution in [2.75, 3.05) is 0 Å². The highest BCUT2D eigenvalue weighted by atomic mass is 16.5. The van der Waals surface area contributed by atoms with Crippen LogP contribution in [-0.2, 0) is 0 Å². The van der Waals surface area contributed by atoms with E-state index in [0.29, 0.717) is 11.5 Å². The summed E-state index contributed by atoms with van der Waals surface area (Å²) in [6, 6.07) is 25.3. The van der Waals surface area contributed by atoms with E-state index >= 15 is 0 Å². The van der Waals surface area contributed by atoms with Gasteiger partial charge in [-0.05, 0) is 46.5 Å². The van der Waals surface area contributed by atoms with Crippen molar-refractivity contribution < 1.29 is 9.47 Å². The Morgan fingerprint density at radius 1 is 0.636 bits per heavy atom. The summed E-state index contributed by atoms with van der Waals surface area (Å²) in [6.07, 6.45) is 5.96. The van der Waals surface area contributed by atoms with E-state index in [1.165, 1.54) is 16.2 Å². The molecule has 0 radical (unpaired) electrons. The molecule has 0 unspecified atom stereocenters. The molecule has 0 saturated carbocycles. The Labute approximate surface area is 188 Å². The van der Waals surface area contributed by atoms with Gasteiger partial charge in [-0.25, -0.2) is 4.98 Å². The second-order valence-electron chi connectivity index (χ2n) is 8.53. The third kappa shape index (κ3) is 2.32. The lowest BCUT2D eigenvalue weighted by atomic mass is 9.99. The van der Waals surface area contributed by atoms with Crippen LogP contribution in [0.5, 0.6) is 11.5 Å². The second-order valence-corrected chi connectivity index (χ2v) is 8.53. The lowest BCUT2D eigenvalue weighted by molar-refractivity contribution is 0.341. The molecule has 4 nitrogen and oxygen atoms in total. The summed E-state index contributed by atoms with van der Waals surface area (Å²) >= 11 is 0. The van der Waals surface area contributed by atoms with Crippen molar-refractivity contribution in [3.63, 3.8) is 0 Å². The number of aromatic amines is 1. The van der Waals surface area contributed by atoms with Crippen LogP contribution in [-0.4, -0.2) is 9.97 Å². The molecule has 0 fully saturated rings. The highest BCUT2D eigenvalue weighted by Crippen LogP contribution is 2.42. The van der Waals surface area contributed by atoms with Gasteiger partial charge in [-0.2, -0.15) is 0 Å². The molecule has 0 atom stereocenters. The van der Waals surface area contributed by atoms with Crippen LogP contribution in [0.2, 0.25) is 0 Å². The third-order valence-corrected chi connectivity index (χ3v) is 6.65. The highest BCUT2D eigenvalue weighted by molar-refractivity contribution is 6.16. The van der Waals surface area contributed by atoms with E-state index in [9.17, 15) is 0 Å². The monoisotopic (exact) mass is 424 g/mol. The minimum absolute atomic E-state index is 0.679. The maximum Gasteiger partial charge on any atom is 0.172 e. The van der Waals surface area contributed by atoms with Crippen LogP contribution in [0.1, 0.15) is 11.3 Å². The summed E-state index contributed by atoms with van der Waals surface area (Å²) in [5.41, 5.74) is 3.79. The molecule has 1 N–H and O–H groups in total. The van der Waals surface area contributed by atoms with Gasteiger partial charge >= 0.3 is 0 Å². The van der Waals surface area contributed by atoms with Crippen LogP contribution >= 0.6 is 0 Å². The summed E-state index contributed by atoms with van der Waals surface area (Å²) < 4.78 is 12.5. The van der Waals surface area contributed by atoms with Crippen molar-refractivity contribution in [1.29, 1.82) is 0 Å². The number of nitrogens with zero attached hydrogens (tertiary/aromatic N) is 1. The number of nitrogens with one attached hydrogen (secondary N) is 1. The summed E-state index contributed by atoms with van der Waals surface area (Å²) in [5, 5.41) is 7.00. The Hall–Kier alpha value is -4.57. The summed E-state index contributed by atoms with van der Waals surface area (Å²) in [5.74, 6) is 2.93. The van der Waals surface area contributed by atoms with Gasteiger partial charge in [0.1, 0.15) is 11.4 Å². The first-order valence-corrected chi connectivity index (χ1v) is 11.0. The second kappa shape index (κ2) is 6.02. The standard InChI is InChI=1S/C29H16N2O2/c1-2-4-19-16(3-1)5-9-21-20(19)8-6-18-13-25-23(31-29(18)21)15-27-26(33-25)14-22-24(32-27)10-7-17-11-12-30-28(17)22/h1-15,30H. The lowest BCUT2D eigenvalue weighted by Gasteiger charge is -2.25. The molecule has 0 spiro atoms. The molecule has 33 heavy (non-hydrogen) atoms. The molecule has 154 valence electrons. The van der Waals surface area contributed by atoms with Gasteiger partial charge in [0, 0.05) is 34.0 Å². The molecular weight excluding hydrogens is 408 g/mol. The Kier molecular flexibility index (Phi) is 3.11. The van der Waals surface area contributed by atoms with E-state index in [2.05, 4.69) is 71.7 Å². The normalized spacial score (nSPS) is 14.3. The molecule has 4 heterocycles. The van der Waals surface area contributed by atoms with E-state index in [1.807, 2.05) is 24.4 Å². The van der Waals surface area contributed by atoms with Crippen molar-refractivity contribution in [3.8, 4) is 11.5 Å². The third-order valence-electron chi connectivity index (χ3n) is 6.65. The molecule has 4 heteroatoms.